The Kier molecular flexibility index (Phi) is 6.50. The van der Waals surface area contributed by atoms with Gasteiger partial charge in [0.25, 0.3) is 0 Å². The Bertz CT molecular complexity index is 948. The normalized spacial score (nSPS) is 15.1. The zero-order valence-corrected chi connectivity index (χ0v) is 18.0. The Labute approximate surface area is 182 Å². The van der Waals surface area contributed by atoms with Crippen molar-refractivity contribution in [3.8, 4) is 0 Å². The molecule has 8 heteroatoms. The number of benzene rings is 1. The first kappa shape index (κ1) is 20.6. The largest absolute Gasteiger partial charge is 0.366 e. The molecule has 1 aromatic carbocycles. The first-order chi connectivity index (χ1) is 14.6. The lowest BCUT2D eigenvalue weighted by Crippen LogP contribution is -2.45. The number of nitrogens with one attached hydrogen (secondary N) is 1. The maximum Gasteiger partial charge on any atom is 0.241 e. The van der Waals surface area contributed by atoms with Gasteiger partial charge in [-0.2, -0.15) is 4.98 Å². The standard InChI is InChI=1S/C22H28ClN7/c1-16-14-25-10-6-18(16)15-30(11-7-17-2-4-19(23)5-3-17)20-8-12-29(13-9-20)22-26-21(24)27-28-22/h2-6,10,14,20H,7-9,11-13,15H2,1H3,(H3,24,26,27,28). The van der Waals surface area contributed by atoms with Crippen LogP contribution in [0.25, 0.3) is 0 Å². The van der Waals surface area contributed by atoms with E-state index >= 15 is 0 Å². The van der Waals surface area contributed by atoms with Crippen molar-refractivity contribution in [2.24, 2.45) is 0 Å². The molecule has 1 saturated heterocycles. The molecular formula is C22H28ClN7. The highest BCUT2D eigenvalue weighted by Crippen LogP contribution is 2.23. The maximum absolute atomic E-state index is 6.05. The number of nitrogens with two attached hydrogens (primary N) is 1. The molecule has 30 heavy (non-hydrogen) atoms. The monoisotopic (exact) mass is 425 g/mol. The Morgan fingerprint density at radius 2 is 1.97 bits per heavy atom. The lowest BCUT2D eigenvalue weighted by Gasteiger charge is -2.38. The molecule has 0 atom stereocenters. The van der Waals surface area contributed by atoms with Gasteiger partial charge in [-0.1, -0.05) is 23.7 Å². The summed E-state index contributed by atoms with van der Waals surface area (Å²) in [5.74, 6) is 1.06. The molecule has 0 unspecified atom stereocenters. The van der Waals surface area contributed by atoms with E-state index in [1.807, 2.05) is 24.5 Å². The second-order valence-corrected chi connectivity index (χ2v) is 8.32. The summed E-state index contributed by atoms with van der Waals surface area (Å²) in [5.41, 5.74) is 9.55. The molecule has 0 saturated carbocycles. The number of rotatable bonds is 7. The van der Waals surface area contributed by atoms with Gasteiger partial charge in [0.1, 0.15) is 0 Å². The highest BCUT2D eigenvalue weighted by atomic mass is 35.5. The van der Waals surface area contributed by atoms with E-state index in [4.69, 9.17) is 17.3 Å². The first-order valence-corrected chi connectivity index (χ1v) is 10.8. The molecule has 0 aliphatic carbocycles. The maximum atomic E-state index is 6.05. The van der Waals surface area contributed by atoms with Crippen LogP contribution in [0.15, 0.2) is 42.7 Å². The summed E-state index contributed by atoms with van der Waals surface area (Å²) < 4.78 is 0. The number of hydrogen-bond donors (Lipinski definition) is 2. The summed E-state index contributed by atoms with van der Waals surface area (Å²) >= 11 is 6.05. The van der Waals surface area contributed by atoms with Crippen LogP contribution in [0.2, 0.25) is 5.02 Å². The van der Waals surface area contributed by atoms with Gasteiger partial charge in [-0.15, -0.1) is 5.10 Å². The van der Waals surface area contributed by atoms with E-state index in [0.717, 1.165) is 56.4 Å². The Hall–Kier alpha value is -2.64. The van der Waals surface area contributed by atoms with Crippen LogP contribution in [-0.2, 0) is 13.0 Å². The van der Waals surface area contributed by atoms with Crippen LogP contribution in [0, 0.1) is 6.92 Å². The molecule has 158 valence electrons. The third-order valence-corrected chi connectivity index (χ3v) is 6.13. The fraction of sp³-hybridized carbons (Fsp3) is 0.409. The summed E-state index contributed by atoms with van der Waals surface area (Å²) in [7, 11) is 0. The summed E-state index contributed by atoms with van der Waals surface area (Å²) in [6, 6.07) is 10.8. The predicted molar refractivity (Wildman–Crippen MR) is 121 cm³/mol. The average molecular weight is 426 g/mol. The summed E-state index contributed by atoms with van der Waals surface area (Å²) in [6.07, 6.45) is 6.98. The molecule has 0 bridgehead atoms. The first-order valence-electron chi connectivity index (χ1n) is 10.4. The minimum atomic E-state index is 0.296. The van der Waals surface area contributed by atoms with Gasteiger partial charge in [-0.05, 0) is 61.1 Å². The molecule has 0 spiro atoms. The average Bonchev–Trinajstić information content (AvgIpc) is 3.20. The molecule has 3 aromatic rings. The third kappa shape index (κ3) is 5.09. The molecule has 3 heterocycles. The number of halogens is 1. The van der Waals surface area contributed by atoms with Crippen molar-refractivity contribution in [2.75, 3.05) is 30.3 Å². The number of nitrogens with zero attached hydrogens (tertiary/aromatic N) is 5. The molecule has 1 fully saturated rings. The molecule has 7 nitrogen and oxygen atoms in total. The van der Waals surface area contributed by atoms with E-state index in [-0.39, 0.29) is 0 Å². The van der Waals surface area contributed by atoms with Crippen LogP contribution in [0.3, 0.4) is 0 Å². The molecule has 0 radical (unpaired) electrons. The van der Waals surface area contributed by atoms with Gasteiger partial charge in [0, 0.05) is 49.6 Å². The summed E-state index contributed by atoms with van der Waals surface area (Å²) in [5, 5.41) is 7.66. The number of H-pyrrole nitrogens is 1. The fourth-order valence-electron chi connectivity index (χ4n) is 4.06. The lowest BCUT2D eigenvalue weighted by molar-refractivity contribution is 0.161. The van der Waals surface area contributed by atoms with Crippen LogP contribution >= 0.6 is 11.6 Å². The number of pyridine rings is 1. The Morgan fingerprint density at radius 1 is 1.20 bits per heavy atom. The SMILES string of the molecule is Cc1cnccc1CN(CCc1ccc(Cl)cc1)C1CCN(c2nc(N)n[nH]2)CC1. The molecule has 3 N–H and O–H groups in total. The van der Waals surface area contributed by atoms with Gasteiger partial charge in [0.2, 0.25) is 11.9 Å². The van der Waals surface area contributed by atoms with E-state index in [0.29, 0.717) is 12.0 Å². The number of anilines is 2. The fourth-order valence-corrected chi connectivity index (χ4v) is 4.19. The van der Waals surface area contributed by atoms with Crippen LogP contribution in [0.5, 0.6) is 0 Å². The quantitative estimate of drug-likeness (QED) is 0.602. The molecule has 1 aliphatic heterocycles. The van der Waals surface area contributed by atoms with Gasteiger partial charge >= 0.3 is 0 Å². The number of aromatic amines is 1. The van der Waals surface area contributed by atoms with Crippen molar-refractivity contribution in [1.29, 1.82) is 0 Å². The van der Waals surface area contributed by atoms with Crippen molar-refractivity contribution in [3.05, 3.63) is 64.4 Å². The molecule has 4 rings (SSSR count). The zero-order chi connectivity index (χ0) is 20.9. The van der Waals surface area contributed by atoms with E-state index < -0.39 is 0 Å². The Morgan fingerprint density at radius 3 is 2.63 bits per heavy atom. The number of nitrogen functional groups attached to an aromatic ring is 1. The number of aryl methyl sites for hydroxylation is 1. The van der Waals surface area contributed by atoms with Gasteiger partial charge in [-0.3, -0.25) is 9.88 Å². The van der Waals surface area contributed by atoms with Gasteiger partial charge in [-0.25, -0.2) is 5.10 Å². The third-order valence-electron chi connectivity index (χ3n) is 5.88. The second kappa shape index (κ2) is 9.45. The van der Waals surface area contributed by atoms with E-state index in [1.165, 1.54) is 16.7 Å². The van der Waals surface area contributed by atoms with Crippen LogP contribution < -0.4 is 10.6 Å². The summed E-state index contributed by atoms with van der Waals surface area (Å²) in [6.45, 7) is 5.94. The highest BCUT2D eigenvalue weighted by Gasteiger charge is 2.26. The minimum absolute atomic E-state index is 0.296. The van der Waals surface area contributed by atoms with Crippen LogP contribution in [0.1, 0.15) is 29.5 Å². The van der Waals surface area contributed by atoms with Crippen molar-refractivity contribution in [3.63, 3.8) is 0 Å². The van der Waals surface area contributed by atoms with Gasteiger partial charge in [0.15, 0.2) is 0 Å². The van der Waals surface area contributed by atoms with Crippen molar-refractivity contribution in [1.82, 2.24) is 25.1 Å². The van der Waals surface area contributed by atoms with E-state index in [9.17, 15) is 0 Å². The van der Waals surface area contributed by atoms with Gasteiger partial charge in [0.05, 0.1) is 0 Å². The van der Waals surface area contributed by atoms with Crippen molar-refractivity contribution < 1.29 is 0 Å². The predicted octanol–water partition coefficient (Wildman–Crippen LogP) is 3.46. The minimum Gasteiger partial charge on any atom is -0.366 e. The number of hydrogen-bond acceptors (Lipinski definition) is 6. The molecular weight excluding hydrogens is 398 g/mol. The number of aromatic nitrogens is 4. The van der Waals surface area contributed by atoms with Crippen molar-refractivity contribution >= 4 is 23.5 Å². The lowest BCUT2D eigenvalue weighted by atomic mass is 10.0. The molecule has 2 aromatic heterocycles. The van der Waals surface area contributed by atoms with Gasteiger partial charge < -0.3 is 10.6 Å². The number of piperidine rings is 1. The van der Waals surface area contributed by atoms with Crippen LogP contribution in [-0.4, -0.2) is 50.7 Å². The topological polar surface area (TPSA) is 87.0 Å². The smallest absolute Gasteiger partial charge is 0.241 e. The molecule has 0 amide bonds. The second-order valence-electron chi connectivity index (χ2n) is 7.88. The van der Waals surface area contributed by atoms with E-state index in [1.54, 1.807) is 0 Å². The Balaban J connectivity index is 1.44. The highest BCUT2D eigenvalue weighted by molar-refractivity contribution is 6.30. The summed E-state index contributed by atoms with van der Waals surface area (Å²) in [4.78, 5) is 13.4. The van der Waals surface area contributed by atoms with E-state index in [2.05, 4.69) is 55.1 Å². The van der Waals surface area contributed by atoms with Crippen molar-refractivity contribution in [2.45, 2.75) is 38.8 Å². The molecule has 1 aliphatic rings. The zero-order valence-electron chi connectivity index (χ0n) is 17.3. The van der Waals surface area contributed by atoms with Crippen LogP contribution in [0.4, 0.5) is 11.9 Å².